The number of rotatable bonds is 4. The van der Waals surface area contributed by atoms with Crippen molar-refractivity contribution in [1.82, 2.24) is 0 Å². The molecule has 6 heteroatoms. The summed E-state index contributed by atoms with van der Waals surface area (Å²) in [5.74, 6) is -1.56. The minimum absolute atomic E-state index is 0.109. The van der Waals surface area contributed by atoms with Crippen LogP contribution in [0, 0.1) is 11.8 Å². The summed E-state index contributed by atoms with van der Waals surface area (Å²) in [5, 5.41) is 0.564. The van der Waals surface area contributed by atoms with Crippen molar-refractivity contribution in [3.63, 3.8) is 0 Å². The van der Waals surface area contributed by atoms with E-state index in [9.17, 15) is 9.59 Å². The lowest BCUT2D eigenvalue weighted by Crippen LogP contribution is -2.40. The third-order valence-corrected chi connectivity index (χ3v) is 5.18. The molecule has 4 atom stereocenters. The Morgan fingerprint density at radius 1 is 1.50 bits per heavy atom. The summed E-state index contributed by atoms with van der Waals surface area (Å²) in [6.07, 6.45) is 4.18. The number of amides is 1. The maximum atomic E-state index is 13.0. The van der Waals surface area contributed by atoms with Gasteiger partial charge in [0.25, 0.3) is 0 Å². The van der Waals surface area contributed by atoms with Crippen LogP contribution in [0.2, 0.25) is 5.02 Å². The van der Waals surface area contributed by atoms with Gasteiger partial charge in [-0.1, -0.05) is 36.7 Å². The van der Waals surface area contributed by atoms with Crippen molar-refractivity contribution in [3.05, 3.63) is 41.4 Å². The average Bonchev–Trinajstić information content (AvgIpc) is 3.21. The van der Waals surface area contributed by atoms with Gasteiger partial charge in [-0.2, -0.15) is 0 Å². The lowest BCUT2D eigenvalue weighted by Gasteiger charge is -2.22. The third-order valence-electron chi connectivity index (χ3n) is 4.94. The molecule has 2 fully saturated rings. The van der Waals surface area contributed by atoms with E-state index in [2.05, 4.69) is 0 Å². The number of hydrogen-bond acceptors (Lipinski definition) is 4. The first-order valence-corrected chi connectivity index (χ1v) is 8.54. The summed E-state index contributed by atoms with van der Waals surface area (Å²) in [7, 11) is 0. The second-order valence-electron chi connectivity index (χ2n) is 6.47. The number of esters is 1. The van der Waals surface area contributed by atoms with E-state index in [1.54, 1.807) is 23.1 Å². The summed E-state index contributed by atoms with van der Waals surface area (Å²) in [5.41, 5.74) is -0.0163. The zero-order chi connectivity index (χ0) is 16.9. The molecule has 1 spiro atoms. The highest BCUT2D eigenvalue weighted by Crippen LogP contribution is 2.52. The van der Waals surface area contributed by atoms with Crippen LogP contribution in [0.5, 0.6) is 0 Å². The second kappa shape index (κ2) is 5.60. The number of carbonyl (C=O) groups excluding carboxylic acids is 2. The Bertz CT molecular complexity index is 733. The number of fused-ring (bicyclic) bond motifs is 1. The fourth-order valence-corrected chi connectivity index (χ4v) is 4.11. The molecule has 5 nitrogen and oxygen atoms in total. The van der Waals surface area contributed by atoms with Gasteiger partial charge in [-0.3, -0.25) is 9.59 Å². The maximum absolute atomic E-state index is 13.0. The van der Waals surface area contributed by atoms with Crippen molar-refractivity contribution < 1.29 is 19.1 Å². The van der Waals surface area contributed by atoms with Crippen molar-refractivity contribution >= 4 is 29.2 Å². The highest BCUT2D eigenvalue weighted by atomic mass is 35.5. The van der Waals surface area contributed by atoms with Crippen LogP contribution in [0.15, 0.2) is 36.4 Å². The molecule has 2 saturated heterocycles. The molecule has 1 aromatic rings. The summed E-state index contributed by atoms with van der Waals surface area (Å²) in [6, 6.07) is 7.15. The van der Waals surface area contributed by atoms with Gasteiger partial charge in [0.05, 0.1) is 25.2 Å². The van der Waals surface area contributed by atoms with E-state index >= 15 is 0 Å². The van der Waals surface area contributed by atoms with Crippen LogP contribution in [0.4, 0.5) is 5.69 Å². The summed E-state index contributed by atoms with van der Waals surface area (Å²) in [6.45, 7) is 2.69. The number of hydrogen-bond donors (Lipinski definition) is 0. The fourth-order valence-electron chi connectivity index (χ4n) is 3.93. The molecule has 0 aromatic heterocycles. The first-order valence-electron chi connectivity index (χ1n) is 8.16. The number of benzene rings is 1. The van der Waals surface area contributed by atoms with Gasteiger partial charge >= 0.3 is 5.97 Å². The van der Waals surface area contributed by atoms with Crippen LogP contribution in [0.25, 0.3) is 0 Å². The summed E-state index contributed by atoms with van der Waals surface area (Å²) >= 11 is 6.05. The molecule has 1 aromatic carbocycles. The Balaban J connectivity index is 1.65. The van der Waals surface area contributed by atoms with E-state index in [0.29, 0.717) is 18.2 Å². The minimum Gasteiger partial charge on any atom is -0.465 e. The Morgan fingerprint density at radius 2 is 2.33 bits per heavy atom. The molecule has 24 heavy (non-hydrogen) atoms. The molecule has 0 N–H and O–H groups in total. The van der Waals surface area contributed by atoms with Gasteiger partial charge in [-0.15, -0.1) is 0 Å². The SMILES string of the molecule is CCCOC(=O)[C@@H]1[C@@H]2C=C[C@]3(CN(c4cccc(Cl)c4)C(=O)[C@H]13)O2. The summed E-state index contributed by atoms with van der Waals surface area (Å²) < 4.78 is 11.3. The predicted molar refractivity (Wildman–Crippen MR) is 88.8 cm³/mol. The summed E-state index contributed by atoms with van der Waals surface area (Å²) in [4.78, 5) is 27.1. The third kappa shape index (κ3) is 2.19. The molecule has 2 bridgehead atoms. The molecule has 0 saturated carbocycles. The lowest BCUT2D eigenvalue weighted by atomic mass is 9.77. The van der Waals surface area contributed by atoms with Crippen LogP contribution in [-0.2, 0) is 19.1 Å². The largest absolute Gasteiger partial charge is 0.465 e. The van der Waals surface area contributed by atoms with Crippen LogP contribution in [0.3, 0.4) is 0 Å². The number of carbonyl (C=O) groups is 2. The van der Waals surface area contributed by atoms with Gasteiger partial charge < -0.3 is 14.4 Å². The number of ether oxygens (including phenoxy) is 2. The fraction of sp³-hybridized carbons (Fsp3) is 0.444. The van der Waals surface area contributed by atoms with Gasteiger partial charge in [0.1, 0.15) is 11.5 Å². The maximum Gasteiger partial charge on any atom is 0.312 e. The molecule has 0 radical (unpaired) electrons. The van der Waals surface area contributed by atoms with Crippen molar-refractivity contribution in [2.24, 2.45) is 11.8 Å². The molecule has 0 aliphatic carbocycles. The van der Waals surface area contributed by atoms with Crippen molar-refractivity contribution in [2.75, 3.05) is 18.1 Å². The van der Waals surface area contributed by atoms with Crippen LogP contribution in [0.1, 0.15) is 13.3 Å². The zero-order valence-electron chi connectivity index (χ0n) is 13.3. The number of halogens is 1. The highest BCUT2D eigenvalue weighted by Gasteiger charge is 2.67. The second-order valence-corrected chi connectivity index (χ2v) is 6.91. The number of anilines is 1. The van der Waals surface area contributed by atoms with Crippen LogP contribution < -0.4 is 4.90 Å². The highest BCUT2D eigenvalue weighted by molar-refractivity contribution is 6.31. The number of nitrogens with zero attached hydrogens (tertiary/aromatic N) is 1. The molecule has 3 aliphatic heterocycles. The molecule has 3 heterocycles. The molecule has 3 aliphatic rings. The first-order chi connectivity index (χ1) is 11.6. The molecule has 126 valence electrons. The standard InChI is InChI=1S/C18H18ClNO4/c1-2-8-23-17(22)14-13-6-7-18(24-13)10-20(16(21)15(14)18)12-5-3-4-11(19)9-12/h3-7,9,13-15H,2,8,10H2,1H3/t13-,14+,15-,18+/m0/s1. The zero-order valence-corrected chi connectivity index (χ0v) is 14.0. The predicted octanol–water partition coefficient (Wildman–Crippen LogP) is 2.58. The van der Waals surface area contributed by atoms with E-state index in [4.69, 9.17) is 21.1 Å². The van der Waals surface area contributed by atoms with Crippen molar-refractivity contribution in [2.45, 2.75) is 25.0 Å². The van der Waals surface area contributed by atoms with Gasteiger partial charge in [0, 0.05) is 10.7 Å². The van der Waals surface area contributed by atoms with Gasteiger partial charge in [-0.25, -0.2) is 0 Å². The normalized spacial score (nSPS) is 33.2. The van der Waals surface area contributed by atoms with E-state index in [1.165, 1.54) is 0 Å². The molecular formula is C18H18ClNO4. The Hall–Kier alpha value is -1.85. The van der Waals surface area contributed by atoms with Crippen LogP contribution >= 0.6 is 11.6 Å². The molecular weight excluding hydrogens is 330 g/mol. The van der Waals surface area contributed by atoms with E-state index in [1.807, 2.05) is 25.1 Å². The lowest BCUT2D eigenvalue weighted by molar-refractivity contribution is -0.152. The first kappa shape index (κ1) is 15.7. The minimum atomic E-state index is -0.736. The monoisotopic (exact) mass is 347 g/mol. The molecule has 1 amide bonds. The van der Waals surface area contributed by atoms with Gasteiger partial charge in [0.2, 0.25) is 5.91 Å². The smallest absolute Gasteiger partial charge is 0.312 e. The van der Waals surface area contributed by atoms with Crippen LogP contribution in [-0.4, -0.2) is 36.7 Å². The topological polar surface area (TPSA) is 55.8 Å². The Labute approximate surface area is 145 Å². The van der Waals surface area contributed by atoms with Gasteiger partial charge in [0.15, 0.2) is 0 Å². The van der Waals surface area contributed by atoms with Gasteiger partial charge in [-0.05, 0) is 24.6 Å². The van der Waals surface area contributed by atoms with E-state index in [-0.39, 0.29) is 18.0 Å². The molecule has 0 unspecified atom stereocenters. The van der Waals surface area contributed by atoms with E-state index < -0.39 is 17.4 Å². The quantitative estimate of drug-likeness (QED) is 0.620. The van der Waals surface area contributed by atoms with Crippen molar-refractivity contribution in [1.29, 1.82) is 0 Å². The Kier molecular flexibility index (Phi) is 3.66. The Morgan fingerprint density at radius 3 is 3.08 bits per heavy atom. The van der Waals surface area contributed by atoms with E-state index in [0.717, 1.165) is 12.1 Å². The average molecular weight is 348 g/mol. The molecule has 4 rings (SSSR count). The van der Waals surface area contributed by atoms with Crippen molar-refractivity contribution in [3.8, 4) is 0 Å².